The monoisotopic (exact) mass is 233 g/mol. The molecule has 17 heavy (non-hydrogen) atoms. The molecule has 0 spiro atoms. The van der Waals surface area contributed by atoms with Gasteiger partial charge in [0.25, 0.3) is 5.89 Å². The lowest BCUT2D eigenvalue weighted by atomic mass is 9.96. The van der Waals surface area contributed by atoms with Gasteiger partial charge in [-0.1, -0.05) is 5.16 Å². The third-order valence-corrected chi connectivity index (χ3v) is 3.08. The molecule has 0 aromatic carbocycles. The van der Waals surface area contributed by atoms with E-state index >= 15 is 0 Å². The molecule has 90 valence electrons. The highest BCUT2D eigenvalue weighted by molar-refractivity contribution is 5.48. The molecule has 3 rings (SSSR count). The van der Waals surface area contributed by atoms with Crippen molar-refractivity contribution in [1.82, 2.24) is 25.7 Å². The minimum atomic E-state index is 0.539. The highest BCUT2D eigenvalue weighted by Gasteiger charge is 2.17. The standard InChI is InChI=1S/C11H15N5O/c1-2-8(5-12-3-1)4-10-15-11(17-16-10)9-6-13-14-7-9/h6-8,12H,1-5H2,(H,13,14). The number of nitrogens with one attached hydrogen (secondary N) is 2. The van der Waals surface area contributed by atoms with Gasteiger partial charge < -0.3 is 9.84 Å². The van der Waals surface area contributed by atoms with Crippen LogP contribution in [0, 0.1) is 5.92 Å². The molecule has 1 saturated heterocycles. The topological polar surface area (TPSA) is 79.6 Å². The van der Waals surface area contributed by atoms with Crippen LogP contribution >= 0.6 is 0 Å². The fourth-order valence-electron chi connectivity index (χ4n) is 2.18. The lowest BCUT2D eigenvalue weighted by Crippen LogP contribution is -2.31. The van der Waals surface area contributed by atoms with Gasteiger partial charge in [-0.2, -0.15) is 10.1 Å². The Kier molecular flexibility index (Phi) is 2.87. The Morgan fingerprint density at radius 3 is 3.24 bits per heavy atom. The van der Waals surface area contributed by atoms with E-state index < -0.39 is 0 Å². The highest BCUT2D eigenvalue weighted by Crippen LogP contribution is 2.18. The molecule has 0 aliphatic carbocycles. The molecule has 1 fully saturated rings. The normalized spacial score (nSPS) is 20.6. The summed E-state index contributed by atoms with van der Waals surface area (Å²) in [5.41, 5.74) is 0.838. The van der Waals surface area contributed by atoms with Crippen molar-refractivity contribution in [2.75, 3.05) is 13.1 Å². The lowest BCUT2D eigenvalue weighted by molar-refractivity contribution is 0.360. The number of aromatic amines is 1. The molecule has 0 amide bonds. The van der Waals surface area contributed by atoms with Crippen LogP contribution in [0.1, 0.15) is 18.7 Å². The van der Waals surface area contributed by atoms with Crippen molar-refractivity contribution < 1.29 is 4.52 Å². The Morgan fingerprint density at radius 1 is 1.47 bits per heavy atom. The van der Waals surface area contributed by atoms with Gasteiger partial charge in [0.1, 0.15) is 0 Å². The molecule has 0 bridgehead atoms. The summed E-state index contributed by atoms with van der Waals surface area (Å²) in [6.45, 7) is 2.18. The maximum Gasteiger partial charge on any atom is 0.261 e. The highest BCUT2D eigenvalue weighted by atomic mass is 16.5. The molecule has 6 nitrogen and oxygen atoms in total. The van der Waals surface area contributed by atoms with E-state index in [1.54, 1.807) is 12.4 Å². The molecule has 0 radical (unpaired) electrons. The van der Waals surface area contributed by atoms with Crippen LogP contribution in [0.5, 0.6) is 0 Å². The summed E-state index contributed by atoms with van der Waals surface area (Å²) in [6.07, 6.45) is 6.78. The minimum Gasteiger partial charge on any atom is -0.334 e. The first-order chi connectivity index (χ1) is 8.42. The first-order valence-electron chi connectivity index (χ1n) is 5.94. The summed E-state index contributed by atoms with van der Waals surface area (Å²) in [5, 5.41) is 14.0. The van der Waals surface area contributed by atoms with E-state index in [2.05, 4.69) is 25.7 Å². The van der Waals surface area contributed by atoms with Gasteiger partial charge >= 0.3 is 0 Å². The molecule has 1 aliphatic heterocycles. The van der Waals surface area contributed by atoms with Gasteiger partial charge in [0.2, 0.25) is 0 Å². The van der Waals surface area contributed by atoms with E-state index in [0.717, 1.165) is 30.9 Å². The van der Waals surface area contributed by atoms with Gasteiger partial charge in [-0.05, 0) is 31.8 Å². The predicted octanol–water partition coefficient (Wildman–Crippen LogP) is 1.00. The Hall–Kier alpha value is -1.69. The quantitative estimate of drug-likeness (QED) is 0.826. The van der Waals surface area contributed by atoms with E-state index in [4.69, 9.17) is 4.52 Å². The maximum atomic E-state index is 5.21. The van der Waals surface area contributed by atoms with Crippen molar-refractivity contribution >= 4 is 0 Å². The van der Waals surface area contributed by atoms with Crippen LogP contribution in [0.25, 0.3) is 11.5 Å². The van der Waals surface area contributed by atoms with Crippen LogP contribution in [0.3, 0.4) is 0 Å². The molecule has 0 saturated carbocycles. The number of hydrogen-bond donors (Lipinski definition) is 2. The van der Waals surface area contributed by atoms with Gasteiger partial charge in [0, 0.05) is 12.6 Å². The molecular formula is C11H15N5O. The van der Waals surface area contributed by atoms with Crippen molar-refractivity contribution in [3.05, 3.63) is 18.2 Å². The van der Waals surface area contributed by atoms with Gasteiger partial charge in [-0.25, -0.2) is 0 Å². The number of H-pyrrole nitrogens is 1. The predicted molar refractivity (Wildman–Crippen MR) is 61.2 cm³/mol. The van der Waals surface area contributed by atoms with Crippen LogP contribution in [0.4, 0.5) is 0 Å². The summed E-state index contributed by atoms with van der Waals surface area (Å²) < 4.78 is 5.21. The van der Waals surface area contributed by atoms with Crippen molar-refractivity contribution in [3.63, 3.8) is 0 Å². The van der Waals surface area contributed by atoms with Gasteiger partial charge in [-0.3, -0.25) is 5.10 Å². The molecule has 1 unspecified atom stereocenters. The zero-order valence-corrected chi connectivity index (χ0v) is 9.52. The van der Waals surface area contributed by atoms with E-state index in [-0.39, 0.29) is 0 Å². The van der Waals surface area contributed by atoms with Crippen LogP contribution < -0.4 is 5.32 Å². The fourth-order valence-corrected chi connectivity index (χ4v) is 2.18. The molecule has 2 aromatic heterocycles. The molecule has 1 aliphatic rings. The molecule has 2 N–H and O–H groups in total. The van der Waals surface area contributed by atoms with Gasteiger partial charge in [0.15, 0.2) is 5.82 Å². The average Bonchev–Trinajstić information content (AvgIpc) is 3.00. The lowest BCUT2D eigenvalue weighted by Gasteiger charge is -2.20. The van der Waals surface area contributed by atoms with Gasteiger partial charge in [0.05, 0.1) is 11.8 Å². The van der Waals surface area contributed by atoms with E-state index in [1.165, 1.54) is 12.8 Å². The van der Waals surface area contributed by atoms with Crippen molar-refractivity contribution in [1.29, 1.82) is 0 Å². The SMILES string of the molecule is c1n[nH]cc1-c1nc(CC2CCCNC2)no1. The van der Waals surface area contributed by atoms with Crippen molar-refractivity contribution in [3.8, 4) is 11.5 Å². The van der Waals surface area contributed by atoms with Crippen LogP contribution in [-0.2, 0) is 6.42 Å². The number of aromatic nitrogens is 4. The number of hydrogen-bond acceptors (Lipinski definition) is 5. The Morgan fingerprint density at radius 2 is 2.47 bits per heavy atom. The van der Waals surface area contributed by atoms with E-state index in [9.17, 15) is 0 Å². The zero-order chi connectivity index (χ0) is 11.5. The van der Waals surface area contributed by atoms with Gasteiger partial charge in [-0.15, -0.1) is 0 Å². The summed E-state index contributed by atoms with van der Waals surface area (Å²) in [5.74, 6) is 1.95. The number of piperidine rings is 1. The van der Waals surface area contributed by atoms with E-state index in [1.807, 2.05) is 0 Å². The van der Waals surface area contributed by atoms with Crippen LogP contribution in [0.2, 0.25) is 0 Å². The molecule has 6 heteroatoms. The third-order valence-electron chi connectivity index (χ3n) is 3.08. The first-order valence-corrected chi connectivity index (χ1v) is 5.94. The Balaban J connectivity index is 1.68. The fraction of sp³-hybridized carbons (Fsp3) is 0.545. The minimum absolute atomic E-state index is 0.539. The molecule has 1 atom stereocenters. The average molecular weight is 233 g/mol. The molecular weight excluding hydrogens is 218 g/mol. The second-order valence-corrected chi connectivity index (χ2v) is 4.42. The van der Waals surface area contributed by atoms with E-state index in [0.29, 0.717) is 11.8 Å². The van der Waals surface area contributed by atoms with Crippen molar-refractivity contribution in [2.24, 2.45) is 5.92 Å². The molecule has 2 aromatic rings. The zero-order valence-electron chi connectivity index (χ0n) is 9.52. The summed E-state index contributed by atoms with van der Waals surface area (Å²) in [4.78, 5) is 4.38. The third kappa shape index (κ3) is 2.36. The first kappa shape index (κ1) is 10.5. The maximum absolute atomic E-state index is 5.21. The Labute approximate surface area is 98.8 Å². The summed E-state index contributed by atoms with van der Waals surface area (Å²) in [7, 11) is 0. The largest absolute Gasteiger partial charge is 0.334 e. The second kappa shape index (κ2) is 4.67. The second-order valence-electron chi connectivity index (χ2n) is 4.42. The molecule has 3 heterocycles. The smallest absolute Gasteiger partial charge is 0.261 e. The van der Waals surface area contributed by atoms with Crippen LogP contribution in [0.15, 0.2) is 16.9 Å². The number of rotatable bonds is 3. The van der Waals surface area contributed by atoms with Crippen molar-refractivity contribution in [2.45, 2.75) is 19.3 Å². The summed E-state index contributed by atoms with van der Waals surface area (Å²) in [6, 6.07) is 0. The Bertz CT molecular complexity index is 458. The van der Waals surface area contributed by atoms with Crippen LogP contribution in [-0.4, -0.2) is 33.4 Å². The number of nitrogens with zero attached hydrogens (tertiary/aromatic N) is 3. The summed E-state index contributed by atoms with van der Waals surface area (Å²) >= 11 is 0.